The summed E-state index contributed by atoms with van der Waals surface area (Å²) in [6.45, 7) is 4.48. The molecule has 0 aliphatic carbocycles. The molecule has 0 radical (unpaired) electrons. The second-order valence-corrected chi connectivity index (χ2v) is 3.89. The van der Waals surface area contributed by atoms with Crippen molar-refractivity contribution in [3.8, 4) is 0 Å². The van der Waals surface area contributed by atoms with Crippen LogP contribution < -0.4 is 0 Å². The lowest BCUT2D eigenvalue weighted by atomic mass is 10.1. The maximum atomic E-state index is 11.3. The summed E-state index contributed by atoms with van der Waals surface area (Å²) < 4.78 is 4.98. The minimum atomic E-state index is -0.360. The number of unbranched alkanes of at least 4 members (excludes halogenated alkanes) is 1. The summed E-state index contributed by atoms with van der Waals surface area (Å²) in [7, 11) is 0. The molecule has 0 bridgehead atoms. The van der Waals surface area contributed by atoms with Crippen LogP contribution in [0, 0.1) is 0 Å². The monoisotopic (exact) mass is 233 g/mol. The molecule has 0 spiro atoms. The van der Waals surface area contributed by atoms with Gasteiger partial charge in [0.25, 0.3) is 0 Å². The minimum absolute atomic E-state index is 0.0186. The molecule has 17 heavy (non-hydrogen) atoms. The fraction of sp³-hybridized carbons (Fsp3) is 0.429. The van der Waals surface area contributed by atoms with Gasteiger partial charge < -0.3 is 4.74 Å². The second kappa shape index (κ2) is 7.60. The number of ether oxygens (including phenoxy) is 1. The number of rotatable bonds is 6. The zero-order chi connectivity index (χ0) is 12.5. The SMILES string of the molecule is CCCCOC(=O)C=N[C@@H](C)c1ccccc1. The highest BCUT2D eigenvalue weighted by Gasteiger charge is 2.02. The normalized spacial score (nSPS) is 12.6. The molecular weight excluding hydrogens is 214 g/mol. The molecule has 0 aliphatic rings. The van der Waals surface area contributed by atoms with Crippen LogP contribution in [0.3, 0.4) is 0 Å². The van der Waals surface area contributed by atoms with Crippen molar-refractivity contribution >= 4 is 12.2 Å². The third-order valence-corrected chi connectivity index (χ3v) is 2.43. The molecule has 1 rings (SSSR count). The van der Waals surface area contributed by atoms with Crippen LogP contribution in [0.15, 0.2) is 35.3 Å². The Morgan fingerprint density at radius 2 is 2.12 bits per heavy atom. The Labute approximate surface area is 103 Å². The van der Waals surface area contributed by atoms with E-state index in [1.165, 1.54) is 6.21 Å². The number of carbonyl (C=O) groups is 1. The van der Waals surface area contributed by atoms with Gasteiger partial charge in [0.2, 0.25) is 0 Å². The number of aliphatic imine (C=N–C) groups is 1. The molecular formula is C14H19NO2. The van der Waals surface area contributed by atoms with Crippen molar-refractivity contribution in [3.05, 3.63) is 35.9 Å². The van der Waals surface area contributed by atoms with Gasteiger partial charge in [-0.3, -0.25) is 4.99 Å². The lowest BCUT2D eigenvalue weighted by Gasteiger charge is -2.05. The van der Waals surface area contributed by atoms with E-state index < -0.39 is 0 Å². The number of carbonyl (C=O) groups excluding carboxylic acids is 1. The van der Waals surface area contributed by atoms with Crippen LogP contribution in [0.1, 0.15) is 38.3 Å². The first-order chi connectivity index (χ1) is 8.24. The van der Waals surface area contributed by atoms with Gasteiger partial charge in [-0.05, 0) is 18.9 Å². The van der Waals surface area contributed by atoms with Gasteiger partial charge in [0.15, 0.2) is 0 Å². The predicted molar refractivity (Wildman–Crippen MR) is 69.2 cm³/mol. The summed E-state index contributed by atoms with van der Waals surface area (Å²) in [5.74, 6) is -0.360. The molecule has 0 heterocycles. The topological polar surface area (TPSA) is 38.7 Å². The van der Waals surface area contributed by atoms with E-state index in [2.05, 4.69) is 11.9 Å². The first-order valence-corrected chi connectivity index (χ1v) is 5.99. The smallest absolute Gasteiger partial charge is 0.348 e. The van der Waals surface area contributed by atoms with Crippen LogP contribution in [-0.2, 0) is 9.53 Å². The molecule has 0 unspecified atom stereocenters. The van der Waals surface area contributed by atoms with Crippen molar-refractivity contribution in [3.63, 3.8) is 0 Å². The van der Waals surface area contributed by atoms with Crippen molar-refractivity contribution in [2.24, 2.45) is 4.99 Å². The summed E-state index contributed by atoms with van der Waals surface area (Å²) in [4.78, 5) is 15.5. The second-order valence-electron chi connectivity index (χ2n) is 3.89. The molecule has 0 fully saturated rings. The highest BCUT2D eigenvalue weighted by Crippen LogP contribution is 2.14. The van der Waals surface area contributed by atoms with Gasteiger partial charge >= 0.3 is 5.97 Å². The molecule has 3 heteroatoms. The maximum absolute atomic E-state index is 11.3. The quantitative estimate of drug-likeness (QED) is 0.430. The van der Waals surface area contributed by atoms with Crippen LogP contribution in [0.5, 0.6) is 0 Å². The van der Waals surface area contributed by atoms with Crippen LogP contribution in [0.25, 0.3) is 0 Å². The van der Waals surface area contributed by atoms with Crippen LogP contribution in [-0.4, -0.2) is 18.8 Å². The van der Waals surface area contributed by atoms with E-state index in [0.717, 1.165) is 18.4 Å². The Bertz CT molecular complexity index is 360. The van der Waals surface area contributed by atoms with E-state index in [9.17, 15) is 4.79 Å². The Balaban J connectivity index is 2.40. The van der Waals surface area contributed by atoms with Crippen molar-refractivity contribution in [1.82, 2.24) is 0 Å². The van der Waals surface area contributed by atoms with E-state index in [1.54, 1.807) is 0 Å². The van der Waals surface area contributed by atoms with Crippen molar-refractivity contribution in [2.45, 2.75) is 32.7 Å². The first kappa shape index (κ1) is 13.4. The zero-order valence-electron chi connectivity index (χ0n) is 10.4. The van der Waals surface area contributed by atoms with E-state index in [1.807, 2.05) is 37.3 Å². The third kappa shape index (κ3) is 5.29. The molecule has 0 N–H and O–H groups in total. The average molecular weight is 233 g/mol. The predicted octanol–water partition coefficient (Wildman–Crippen LogP) is 3.16. The number of hydrogen-bond donors (Lipinski definition) is 0. The first-order valence-electron chi connectivity index (χ1n) is 5.99. The standard InChI is InChI=1S/C14H19NO2/c1-3-4-10-17-14(16)11-15-12(2)13-8-6-5-7-9-13/h5-9,11-12H,3-4,10H2,1-2H3/t12-/m0/s1. The van der Waals surface area contributed by atoms with E-state index in [-0.39, 0.29) is 12.0 Å². The molecule has 0 aliphatic heterocycles. The Morgan fingerprint density at radius 3 is 2.76 bits per heavy atom. The molecule has 1 atom stereocenters. The lowest BCUT2D eigenvalue weighted by molar-refractivity contribution is -0.135. The third-order valence-electron chi connectivity index (χ3n) is 2.43. The minimum Gasteiger partial charge on any atom is -0.461 e. The van der Waals surface area contributed by atoms with Gasteiger partial charge in [-0.2, -0.15) is 0 Å². The fourth-order valence-corrected chi connectivity index (χ4v) is 1.34. The van der Waals surface area contributed by atoms with Crippen LogP contribution >= 0.6 is 0 Å². The summed E-state index contributed by atoms with van der Waals surface area (Å²) in [6, 6.07) is 9.84. The summed E-state index contributed by atoms with van der Waals surface area (Å²) in [6.07, 6.45) is 3.19. The Hall–Kier alpha value is -1.64. The van der Waals surface area contributed by atoms with Gasteiger partial charge in [0.05, 0.1) is 12.6 Å². The van der Waals surface area contributed by atoms with E-state index >= 15 is 0 Å². The summed E-state index contributed by atoms with van der Waals surface area (Å²) >= 11 is 0. The summed E-state index contributed by atoms with van der Waals surface area (Å²) in [5.41, 5.74) is 1.09. The Morgan fingerprint density at radius 1 is 1.41 bits per heavy atom. The molecule has 0 saturated heterocycles. The molecule has 1 aromatic carbocycles. The van der Waals surface area contributed by atoms with Gasteiger partial charge in [0.1, 0.15) is 6.21 Å². The van der Waals surface area contributed by atoms with Gasteiger partial charge in [0, 0.05) is 0 Å². The van der Waals surface area contributed by atoms with Gasteiger partial charge in [-0.25, -0.2) is 4.79 Å². The number of esters is 1. The zero-order valence-corrected chi connectivity index (χ0v) is 10.4. The van der Waals surface area contributed by atoms with Crippen molar-refractivity contribution in [2.75, 3.05) is 6.61 Å². The molecule has 0 aromatic heterocycles. The Kier molecular flexibility index (Phi) is 6.00. The molecule has 1 aromatic rings. The maximum Gasteiger partial charge on any atom is 0.348 e. The van der Waals surface area contributed by atoms with Crippen molar-refractivity contribution in [1.29, 1.82) is 0 Å². The molecule has 0 saturated carbocycles. The molecule has 92 valence electrons. The van der Waals surface area contributed by atoms with E-state index in [4.69, 9.17) is 4.74 Å². The number of benzene rings is 1. The van der Waals surface area contributed by atoms with Gasteiger partial charge in [-0.15, -0.1) is 0 Å². The number of nitrogens with zero attached hydrogens (tertiary/aromatic N) is 1. The van der Waals surface area contributed by atoms with Gasteiger partial charge in [-0.1, -0.05) is 43.7 Å². The molecule has 3 nitrogen and oxygen atoms in total. The lowest BCUT2D eigenvalue weighted by Crippen LogP contribution is -2.07. The van der Waals surface area contributed by atoms with Crippen LogP contribution in [0.2, 0.25) is 0 Å². The highest BCUT2D eigenvalue weighted by atomic mass is 16.5. The average Bonchev–Trinajstić information content (AvgIpc) is 2.37. The fourth-order valence-electron chi connectivity index (χ4n) is 1.34. The van der Waals surface area contributed by atoms with Crippen molar-refractivity contribution < 1.29 is 9.53 Å². The van der Waals surface area contributed by atoms with Crippen LogP contribution in [0.4, 0.5) is 0 Å². The largest absolute Gasteiger partial charge is 0.461 e. The highest BCUT2D eigenvalue weighted by molar-refractivity contribution is 6.23. The number of hydrogen-bond acceptors (Lipinski definition) is 3. The summed E-state index contributed by atoms with van der Waals surface area (Å²) in [5, 5.41) is 0. The molecule has 0 amide bonds. The van der Waals surface area contributed by atoms with E-state index in [0.29, 0.717) is 6.61 Å².